The van der Waals surface area contributed by atoms with E-state index < -0.39 is 0 Å². The van der Waals surface area contributed by atoms with Crippen LogP contribution in [0, 0.1) is 0 Å². The third-order valence-corrected chi connectivity index (χ3v) is 4.02. The Morgan fingerprint density at radius 2 is 1.96 bits per heavy atom. The molecule has 7 nitrogen and oxygen atoms in total. The molecule has 0 bridgehead atoms. The number of ether oxygens (including phenoxy) is 2. The van der Waals surface area contributed by atoms with Crippen molar-refractivity contribution >= 4 is 11.7 Å². The average molecular weight is 344 g/mol. The van der Waals surface area contributed by atoms with Crippen molar-refractivity contribution in [3.63, 3.8) is 0 Å². The van der Waals surface area contributed by atoms with E-state index in [0.29, 0.717) is 17.3 Å². The Hall–Kier alpha value is -2.96. The zero-order valence-corrected chi connectivity index (χ0v) is 14.7. The molecule has 0 radical (unpaired) electrons. The first-order valence-electron chi connectivity index (χ1n) is 7.94. The molecule has 1 aromatic carbocycles. The topological polar surface area (TPSA) is 86.7 Å². The van der Waals surface area contributed by atoms with Gasteiger partial charge in [0, 0.05) is 6.42 Å². The Morgan fingerprint density at radius 1 is 1.24 bits per heavy atom. The molecule has 7 heteroatoms. The molecule has 0 unspecified atom stereocenters. The fourth-order valence-corrected chi connectivity index (χ4v) is 2.91. The van der Waals surface area contributed by atoms with Crippen LogP contribution >= 0.6 is 0 Å². The lowest BCUT2D eigenvalue weighted by Crippen LogP contribution is -2.90. The minimum absolute atomic E-state index is 0.190. The molecule has 1 aliphatic heterocycles. The number of furan rings is 1. The Morgan fingerprint density at radius 3 is 2.60 bits per heavy atom. The van der Waals surface area contributed by atoms with E-state index in [9.17, 15) is 4.79 Å². The molecule has 3 rings (SSSR count). The van der Waals surface area contributed by atoms with Crippen molar-refractivity contribution in [2.75, 3.05) is 14.2 Å². The van der Waals surface area contributed by atoms with Gasteiger partial charge in [-0.05, 0) is 43.7 Å². The van der Waals surface area contributed by atoms with Crippen LogP contribution in [0.4, 0.5) is 0 Å². The molecule has 3 N–H and O–H groups in total. The molecule has 0 saturated carbocycles. The number of fused-ring (bicyclic) bond motifs is 1. The zero-order valence-electron chi connectivity index (χ0n) is 14.7. The van der Waals surface area contributed by atoms with Crippen molar-refractivity contribution in [3.8, 4) is 11.5 Å². The minimum atomic E-state index is -0.357. The van der Waals surface area contributed by atoms with Gasteiger partial charge in [0.05, 0.1) is 26.0 Å². The van der Waals surface area contributed by atoms with Gasteiger partial charge in [0.1, 0.15) is 5.54 Å². The van der Waals surface area contributed by atoms with E-state index in [0.717, 1.165) is 17.5 Å². The molecule has 1 amide bonds. The molecular weight excluding hydrogens is 322 g/mol. The van der Waals surface area contributed by atoms with E-state index in [2.05, 4.69) is 29.7 Å². The third-order valence-electron chi connectivity index (χ3n) is 4.02. The first-order chi connectivity index (χ1) is 11.9. The van der Waals surface area contributed by atoms with Crippen molar-refractivity contribution in [1.82, 2.24) is 10.9 Å². The quantitative estimate of drug-likeness (QED) is 0.702. The second-order valence-corrected chi connectivity index (χ2v) is 6.48. The number of benzene rings is 1. The molecule has 2 aromatic rings. The van der Waals surface area contributed by atoms with E-state index in [4.69, 9.17) is 13.9 Å². The van der Waals surface area contributed by atoms with E-state index in [1.165, 1.54) is 6.26 Å². The number of amidine groups is 1. The van der Waals surface area contributed by atoms with Crippen LogP contribution in [0.2, 0.25) is 0 Å². The zero-order chi connectivity index (χ0) is 18.0. The summed E-state index contributed by atoms with van der Waals surface area (Å²) in [4.78, 5) is 15.5. The molecule has 1 aromatic heterocycles. The monoisotopic (exact) mass is 344 g/mol. The second kappa shape index (κ2) is 6.51. The Bertz CT molecular complexity index is 810. The first-order valence-corrected chi connectivity index (χ1v) is 7.94. The number of hydrogen-bond donors (Lipinski definition) is 3. The number of nitrogens with one attached hydrogen (secondary N) is 3. The fraction of sp³-hybridized carbons (Fsp3) is 0.333. The predicted molar refractivity (Wildman–Crippen MR) is 91.7 cm³/mol. The number of methoxy groups -OCH3 is 2. The predicted octanol–water partition coefficient (Wildman–Crippen LogP) is 0.393. The van der Waals surface area contributed by atoms with Gasteiger partial charge < -0.3 is 13.9 Å². The van der Waals surface area contributed by atoms with Gasteiger partial charge in [-0.2, -0.15) is 10.9 Å². The highest BCUT2D eigenvalue weighted by atomic mass is 16.5. The molecule has 0 spiro atoms. The maximum Gasteiger partial charge on any atom is 0.321 e. The Balaban J connectivity index is 1.90. The Kier molecular flexibility index (Phi) is 4.39. The number of amides is 1. The van der Waals surface area contributed by atoms with E-state index in [1.54, 1.807) is 26.4 Å². The lowest BCUT2D eigenvalue weighted by Gasteiger charge is -2.26. The molecule has 0 fully saturated rings. The van der Waals surface area contributed by atoms with Crippen molar-refractivity contribution in [2.24, 2.45) is 0 Å². The van der Waals surface area contributed by atoms with Gasteiger partial charge in [0.15, 0.2) is 17.3 Å². The van der Waals surface area contributed by atoms with Gasteiger partial charge in [-0.1, -0.05) is 0 Å². The van der Waals surface area contributed by atoms with Gasteiger partial charge in [-0.15, -0.1) is 0 Å². The summed E-state index contributed by atoms with van der Waals surface area (Å²) in [6.45, 7) is 4.17. The van der Waals surface area contributed by atoms with Crippen molar-refractivity contribution < 1.29 is 23.7 Å². The van der Waals surface area contributed by atoms with E-state index in [1.807, 2.05) is 12.1 Å². The smallest absolute Gasteiger partial charge is 0.321 e. The summed E-state index contributed by atoms with van der Waals surface area (Å²) in [6.07, 6.45) is 2.26. The maximum atomic E-state index is 12.1. The molecule has 0 saturated heterocycles. The van der Waals surface area contributed by atoms with Crippen molar-refractivity contribution in [3.05, 3.63) is 47.4 Å². The lowest BCUT2D eigenvalue weighted by molar-refractivity contribution is -0.547. The molecule has 25 heavy (non-hydrogen) atoms. The number of hydrogen-bond acceptors (Lipinski definition) is 5. The normalized spacial score (nSPS) is 15.0. The third kappa shape index (κ3) is 3.45. The highest BCUT2D eigenvalue weighted by molar-refractivity contribution is 6.00. The van der Waals surface area contributed by atoms with Crippen LogP contribution in [-0.2, 0) is 6.42 Å². The fourth-order valence-electron chi connectivity index (χ4n) is 2.91. The minimum Gasteiger partial charge on any atom is -0.493 e. The number of hydrazine groups is 1. The highest BCUT2D eigenvalue weighted by Gasteiger charge is 2.33. The first kappa shape index (κ1) is 16.9. The molecular formula is C18H22N3O4+. The molecule has 2 heterocycles. The summed E-state index contributed by atoms with van der Waals surface area (Å²) in [6, 6.07) is 7.11. The molecule has 0 aliphatic carbocycles. The van der Waals surface area contributed by atoms with Crippen LogP contribution in [0.15, 0.2) is 34.9 Å². The van der Waals surface area contributed by atoms with Crippen LogP contribution in [-0.4, -0.2) is 31.5 Å². The summed E-state index contributed by atoms with van der Waals surface area (Å²) in [5, 5.41) is 0. The summed E-state index contributed by atoms with van der Waals surface area (Å²) >= 11 is 0. The molecule has 0 atom stereocenters. The van der Waals surface area contributed by atoms with Crippen LogP contribution in [0.5, 0.6) is 11.5 Å². The van der Waals surface area contributed by atoms with Crippen molar-refractivity contribution in [2.45, 2.75) is 25.8 Å². The van der Waals surface area contributed by atoms with E-state index in [-0.39, 0.29) is 17.2 Å². The van der Waals surface area contributed by atoms with Crippen LogP contribution in [0.3, 0.4) is 0 Å². The summed E-state index contributed by atoms with van der Waals surface area (Å²) < 4.78 is 15.9. The summed E-state index contributed by atoms with van der Waals surface area (Å²) in [7, 11) is 3.21. The number of carbonyl (C=O) groups is 1. The Labute approximate surface area is 146 Å². The SMILES string of the molecule is COc1cc2c(cc1OC)C(NNC(=O)c1ccco1)=[NH+]C(C)(C)C2. The maximum absolute atomic E-state index is 12.1. The van der Waals surface area contributed by atoms with Crippen LogP contribution in [0.1, 0.15) is 35.5 Å². The van der Waals surface area contributed by atoms with Crippen molar-refractivity contribution in [1.29, 1.82) is 0 Å². The largest absolute Gasteiger partial charge is 0.493 e. The van der Waals surface area contributed by atoms with Crippen LogP contribution in [0.25, 0.3) is 0 Å². The van der Waals surface area contributed by atoms with Gasteiger partial charge in [-0.25, -0.2) is 0 Å². The lowest BCUT2D eigenvalue weighted by atomic mass is 9.88. The standard InChI is InChI=1S/C18H21N3O4/c1-18(2)10-11-8-14(23-3)15(24-4)9-12(11)16(19-18)20-21-17(22)13-6-5-7-25-13/h5-9H,10H2,1-4H3,(H,19,20)(H,21,22)/p+1. The number of carbonyl (C=O) groups excluding carboxylic acids is 1. The molecule has 132 valence electrons. The summed E-state index contributed by atoms with van der Waals surface area (Å²) in [5.41, 5.74) is 7.42. The van der Waals surface area contributed by atoms with Gasteiger partial charge in [0.25, 0.3) is 5.84 Å². The second-order valence-electron chi connectivity index (χ2n) is 6.48. The van der Waals surface area contributed by atoms with Crippen LogP contribution < -0.4 is 25.3 Å². The number of rotatable bonds is 3. The summed E-state index contributed by atoms with van der Waals surface area (Å²) in [5.74, 6) is 1.87. The van der Waals surface area contributed by atoms with E-state index >= 15 is 0 Å². The van der Waals surface area contributed by atoms with Gasteiger partial charge in [-0.3, -0.25) is 9.79 Å². The van der Waals surface area contributed by atoms with Gasteiger partial charge in [0.2, 0.25) is 0 Å². The molecule has 1 aliphatic rings. The average Bonchev–Trinajstić information content (AvgIpc) is 3.12. The highest BCUT2D eigenvalue weighted by Crippen LogP contribution is 2.32. The van der Waals surface area contributed by atoms with Gasteiger partial charge >= 0.3 is 5.91 Å².